The van der Waals surface area contributed by atoms with Gasteiger partial charge >= 0.3 is 0 Å². The van der Waals surface area contributed by atoms with Crippen molar-refractivity contribution in [2.24, 2.45) is 5.92 Å². The molecule has 2 atom stereocenters. The Labute approximate surface area is 122 Å². The molecule has 0 spiro atoms. The van der Waals surface area contributed by atoms with Crippen LogP contribution in [0.1, 0.15) is 25.5 Å². The molecule has 0 bridgehead atoms. The van der Waals surface area contributed by atoms with Crippen molar-refractivity contribution in [3.05, 3.63) is 18.1 Å². The molecule has 1 saturated heterocycles. The summed E-state index contributed by atoms with van der Waals surface area (Å²) in [4.78, 5) is 0. The monoisotopic (exact) mass is 294 g/mol. The molecule has 3 rings (SSSR count). The molecule has 108 valence electrons. The summed E-state index contributed by atoms with van der Waals surface area (Å²) in [5.74, 6) is 1.98. The van der Waals surface area contributed by atoms with Crippen LogP contribution in [0, 0.1) is 12.8 Å². The third-order valence-corrected chi connectivity index (χ3v) is 4.45. The van der Waals surface area contributed by atoms with Crippen LogP contribution in [-0.2, 0) is 4.74 Å². The predicted molar refractivity (Wildman–Crippen MR) is 75.6 cm³/mol. The Morgan fingerprint density at radius 3 is 3.05 bits per heavy atom. The lowest BCUT2D eigenvalue weighted by Gasteiger charge is -2.12. The van der Waals surface area contributed by atoms with Gasteiger partial charge in [-0.05, 0) is 31.7 Å². The van der Waals surface area contributed by atoms with E-state index in [1.165, 1.54) is 0 Å². The zero-order valence-corrected chi connectivity index (χ0v) is 12.5. The number of nitrogens with zero attached hydrogens (tertiary/aromatic N) is 2. The quantitative estimate of drug-likeness (QED) is 0.786. The van der Waals surface area contributed by atoms with Crippen molar-refractivity contribution in [1.29, 1.82) is 0 Å². The largest absolute Gasteiger partial charge is 0.469 e. The molecule has 2 aromatic heterocycles. The lowest BCUT2D eigenvalue weighted by molar-refractivity contribution is 0.184. The third kappa shape index (κ3) is 3.07. The summed E-state index contributed by atoms with van der Waals surface area (Å²) in [6, 6.07) is 1.84. The number of furan rings is 1. The van der Waals surface area contributed by atoms with Crippen LogP contribution in [0.2, 0.25) is 0 Å². The highest BCUT2D eigenvalue weighted by atomic mass is 32.2. The first kappa shape index (κ1) is 13.7. The fourth-order valence-electron chi connectivity index (χ4n) is 2.43. The van der Waals surface area contributed by atoms with Gasteiger partial charge in [0.1, 0.15) is 5.76 Å². The molecule has 2 unspecified atom stereocenters. The van der Waals surface area contributed by atoms with Gasteiger partial charge in [-0.1, -0.05) is 18.7 Å². The van der Waals surface area contributed by atoms with Crippen LogP contribution in [0.5, 0.6) is 0 Å². The van der Waals surface area contributed by atoms with Gasteiger partial charge in [0.05, 0.1) is 11.8 Å². The normalized spacial score (nSPS) is 20.4. The van der Waals surface area contributed by atoms with Crippen molar-refractivity contribution >= 4 is 11.8 Å². The Bertz CT molecular complexity index is 560. The average molecular weight is 294 g/mol. The van der Waals surface area contributed by atoms with Crippen molar-refractivity contribution in [1.82, 2.24) is 10.2 Å². The maximum Gasteiger partial charge on any atom is 0.277 e. The minimum absolute atomic E-state index is 0.445. The van der Waals surface area contributed by atoms with Gasteiger partial charge < -0.3 is 13.6 Å². The molecule has 0 amide bonds. The molecule has 1 aliphatic heterocycles. The highest BCUT2D eigenvalue weighted by molar-refractivity contribution is 7.99. The molecule has 6 heteroatoms. The van der Waals surface area contributed by atoms with Gasteiger partial charge in [-0.2, -0.15) is 0 Å². The minimum atomic E-state index is 0.445. The number of aryl methyl sites for hydroxylation is 1. The number of hydrogen-bond donors (Lipinski definition) is 0. The molecule has 0 radical (unpaired) electrons. The SMILES string of the molecule is Cc1occc1-c1nnc(SC(C)CC2CCOC2)o1. The number of rotatable bonds is 5. The summed E-state index contributed by atoms with van der Waals surface area (Å²) in [7, 11) is 0. The van der Waals surface area contributed by atoms with Crippen LogP contribution in [0.3, 0.4) is 0 Å². The van der Waals surface area contributed by atoms with Crippen LogP contribution >= 0.6 is 11.8 Å². The molecule has 2 aromatic rings. The van der Waals surface area contributed by atoms with Crippen LogP contribution in [-0.4, -0.2) is 28.7 Å². The molecule has 20 heavy (non-hydrogen) atoms. The second-order valence-corrected chi connectivity index (χ2v) is 6.55. The molecule has 1 aliphatic rings. The summed E-state index contributed by atoms with van der Waals surface area (Å²) in [5, 5.41) is 9.25. The number of hydrogen-bond acceptors (Lipinski definition) is 6. The molecule has 3 heterocycles. The van der Waals surface area contributed by atoms with Crippen LogP contribution < -0.4 is 0 Å². The van der Waals surface area contributed by atoms with Gasteiger partial charge in [-0.3, -0.25) is 0 Å². The van der Waals surface area contributed by atoms with E-state index in [0.29, 0.717) is 22.3 Å². The molecule has 5 nitrogen and oxygen atoms in total. The first-order chi connectivity index (χ1) is 9.72. The smallest absolute Gasteiger partial charge is 0.277 e. The maximum absolute atomic E-state index is 5.69. The summed E-state index contributed by atoms with van der Waals surface area (Å²) in [6.07, 6.45) is 3.91. The Morgan fingerprint density at radius 1 is 1.45 bits per heavy atom. The van der Waals surface area contributed by atoms with E-state index in [4.69, 9.17) is 13.6 Å². The van der Waals surface area contributed by atoms with Crippen molar-refractivity contribution < 1.29 is 13.6 Å². The molecule has 1 fully saturated rings. The second-order valence-electron chi connectivity index (χ2n) is 5.16. The summed E-state index contributed by atoms with van der Waals surface area (Å²) < 4.78 is 16.3. The predicted octanol–water partition coefficient (Wildman–Crippen LogP) is 3.55. The van der Waals surface area contributed by atoms with Crippen LogP contribution in [0.25, 0.3) is 11.5 Å². The van der Waals surface area contributed by atoms with Crippen LogP contribution in [0.15, 0.2) is 26.4 Å². The van der Waals surface area contributed by atoms with Crippen molar-refractivity contribution in [3.8, 4) is 11.5 Å². The van der Waals surface area contributed by atoms with E-state index in [0.717, 1.165) is 37.4 Å². The second kappa shape index (κ2) is 6.01. The van der Waals surface area contributed by atoms with E-state index < -0.39 is 0 Å². The lowest BCUT2D eigenvalue weighted by atomic mass is 10.0. The Morgan fingerprint density at radius 2 is 2.35 bits per heavy atom. The van der Waals surface area contributed by atoms with Gasteiger partial charge in [0.2, 0.25) is 0 Å². The highest BCUT2D eigenvalue weighted by Gasteiger charge is 2.21. The van der Waals surface area contributed by atoms with Crippen LogP contribution in [0.4, 0.5) is 0 Å². The third-order valence-electron chi connectivity index (χ3n) is 3.49. The standard InChI is InChI=1S/C14H18N2O3S/c1-9(7-11-3-5-17-8-11)20-14-16-15-13(19-14)12-4-6-18-10(12)2/h4,6,9,11H,3,5,7-8H2,1-2H3. The van der Waals surface area contributed by atoms with Gasteiger partial charge in [0, 0.05) is 18.5 Å². The lowest BCUT2D eigenvalue weighted by Crippen LogP contribution is -2.07. The van der Waals surface area contributed by atoms with Crippen molar-refractivity contribution in [3.63, 3.8) is 0 Å². The van der Waals surface area contributed by atoms with Gasteiger partial charge in [0.25, 0.3) is 11.1 Å². The van der Waals surface area contributed by atoms with E-state index in [1.807, 2.05) is 13.0 Å². The van der Waals surface area contributed by atoms with E-state index >= 15 is 0 Å². The topological polar surface area (TPSA) is 61.3 Å². The molecule has 0 N–H and O–H groups in total. The molecular formula is C14H18N2O3S. The number of ether oxygens (including phenoxy) is 1. The Hall–Kier alpha value is -1.27. The molecule has 0 aromatic carbocycles. The van der Waals surface area contributed by atoms with Gasteiger partial charge in [-0.25, -0.2) is 0 Å². The van der Waals surface area contributed by atoms with E-state index in [-0.39, 0.29) is 0 Å². The molecular weight excluding hydrogens is 276 g/mol. The average Bonchev–Trinajstić information content (AvgIpc) is 3.11. The molecule has 0 aliphatic carbocycles. The summed E-state index contributed by atoms with van der Waals surface area (Å²) in [5.41, 5.74) is 0.862. The number of thioether (sulfide) groups is 1. The maximum atomic E-state index is 5.69. The zero-order chi connectivity index (χ0) is 13.9. The summed E-state index contributed by atoms with van der Waals surface area (Å²) >= 11 is 1.63. The first-order valence-electron chi connectivity index (χ1n) is 6.84. The van der Waals surface area contributed by atoms with E-state index in [1.54, 1.807) is 18.0 Å². The van der Waals surface area contributed by atoms with E-state index in [9.17, 15) is 0 Å². The molecule has 0 saturated carbocycles. The zero-order valence-electron chi connectivity index (χ0n) is 11.7. The van der Waals surface area contributed by atoms with Gasteiger partial charge in [0.15, 0.2) is 0 Å². The van der Waals surface area contributed by atoms with Gasteiger partial charge in [-0.15, -0.1) is 10.2 Å². The fourth-order valence-corrected chi connectivity index (χ4v) is 3.36. The minimum Gasteiger partial charge on any atom is -0.469 e. The highest BCUT2D eigenvalue weighted by Crippen LogP contribution is 2.31. The van der Waals surface area contributed by atoms with Crippen molar-refractivity contribution in [2.75, 3.05) is 13.2 Å². The number of aromatic nitrogens is 2. The van der Waals surface area contributed by atoms with Crippen molar-refractivity contribution in [2.45, 2.75) is 37.2 Å². The Kier molecular flexibility index (Phi) is 4.12. The first-order valence-corrected chi connectivity index (χ1v) is 7.72. The van der Waals surface area contributed by atoms with E-state index in [2.05, 4.69) is 17.1 Å². The summed E-state index contributed by atoms with van der Waals surface area (Å²) in [6.45, 7) is 5.85. The Balaban J connectivity index is 1.60. The fraction of sp³-hybridized carbons (Fsp3) is 0.571.